The number of aromatic nitrogens is 2. The lowest BCUT2D eigenvalue weighted by atomic mass is 10.2. The Labute approximate surface area is 150 Å². The molecule has 2 aromatic rings. The summed E-state index contributed by atoms with van der Waals surface area (Å²) in [5.41, 5.74) is 1.91. The van der Waals surface area contributed by atoms with Crippen molar-refractivity contribution in [3.8, 4) is 0 Å². The first-order valence-electron chi connectivity index (χ1n) is 9.17. The standard InChI is InChI=1S/C19H30ClN3O/c1-3-5-10-22(11-6-4-2)12-7-13-23-18-14-16(20)8-9-17(18)21-19(23)15-24/h8-9,14,24H,3-7,10-13,15H2,1-2H3. The van der Waals surface area contributed by atoms with E-state index in [-0.39, 0.29) is 6.61 Å². The van der Waals surface area contributed by atoms with Gasteiger partial charge in [-0.3, -0.25) is 0 Å². The van der Waals surface area contributed by atoms with Gasteiger partial charge in [0.15, 0.2) is 0 Å². The first-order chi connectivity index (χ1) is 11.7. The molecule has 1 aromatic heterocycles. The van der Waals surface area contributed by atoms with E-state index < -0.39 is 0 Å². The van der Waals surface area contributed by atoms with E-state index in [1.807, 2.05) is 18.2 Å². The topological polar surface area (TPSA) is 41.3 Å². The molecule has 0 aliphatic rings. The molecule has 0 aliphatic carbocycles. The summed E-state index contributed by atoms with van der Waals surface area (Å²) in [7, 11) is 0. The van der Waals surface area contributed by atoms with Gasteiger partial charge in [0.2, 0.25) is 0 Å². The number of unbranched alkanes of at least 4 members (excludes halogenated alkanes) is 2. The Morgan fingerprint density at radius 2 is 1.75 bits per heavy atom. The largest absolute Gasteiger partial charge is 0.388 e. The maximum absolute atomic E-state index is 9.60. The van der Waals surface area contributed by atoms with Crippen LogP contribution in [-0.4, -0.2) is 39.2 Å². The van der Waals surface area contributed by atoms with E-state index in [0.29, 0.717) is 5.02 Å². The zero-order valence-electron chi connectivity index (χ0n) is 15.0. The number of hydrogen-bond acceptors (Lipinski definition) is 3. The van der Waals surface area contributed by atoms with Crippen LogP contribution in [0.25, 0.3) is 11.0 Å². The van der Waals surface area contributed by atoms with Crippen LogP contribution < -0.4 is 0 Å². The number of nitrogens with zero attached hydrogens (tertiary/aromatic N) is 3. The Balaban J connectivity index is 2.01. The van der Waals surface area contributed by atoms with Crippen LogP contribution in [0.2, 0.25) is 5.02 Å². The predicted molar refractivity (Wildman–Crippen MR) is 102 cm³/mol. The summed E-state index contributed by atoms with van der Waals surface area (Å²) >= 11 is 6.13. The van der Waals surface area contributed by atoms with Crippen molar-refractivity contribution < 1.29 is 5.11 Å². The molecule has 24 heavy (non-hydrogen) atoms. The summed E-state index contributed by atoms with van der Waals surface area (Å²) in [5.74, 6) is 0.723. The van der Waals surface area contributed by atoms with Crippen molar-refractivity contribution in [2.75, 3.05) is 19.6 Å². The minimum absolute atomic E-state index is 0.0400. The highest BCUT2D eigenvalue weighted by atomic mass is 35.5. The lowest BCUT2D eigenvalue weighted by molar-refractivity contribution is 0.249. The Morgan fingerprint density at radius 3 is 2.38 bits per heavy atom. The van der Waals surface area contributed by atoms with E-state index in [4.69, 9.17) is 11.6 Å². The van der Waals surface area contributed by atoms with Crippen LogP contribution in [0, 0.1) is 0 Å². The van der Waals surface area contributed by atoms with E-state index >= 15 is 0 Å². The summed E-state index contributed by atoms with van der Waals surface area (Å²) in [6.45, 7) is 8.76. The zero-order chi connectivity index (χ0) is 17.4. The quantitative estimate of drug-likeness (QED) is 0.649. The maximum Gasteiger partial charge on any atom is 0.135 e. The van der Waals surface area contributed by atoms with E-state index in [9.17, 15) is 5.11 Å². The molecule has 0 aliphatic heterocycles. The van der Waals surface area contributed by atoms with Gasteiger partial charge in [-0.2, -0.15) is 0 Å². The number of benzene rings is 1. The van der Waals surface area contributed by atoms with Gasteiger partial charge < -0.3 is 14.6 Å². The minimum Gasteiger partial charge on any atom is -0.388 e. The molecule has 1 N–H and O–H groups in total. The van der Waals surface area contributed by atoms with Crippen LogP contribution in [0.15, 0.2) is 18.2 Å². The molecule has 0 amide bonds. The number of aliphatic hydroxyl groups excluding tert-OH is 1. The van der Waals surface area contributed by atoms with Gasteiger partial charge in [0.05, 0.1) is 11.0 Å². The smallest absolute Gasteiger partial charge is 0.135 e. The summed E-state index contributed by atoms with van der Waals surface area (Å²) in [6, 6.07) is 5.71. The van der Waals surface area contributed by atoms with Crippen LogP contribution in [0.3, 0.4) is 0 Å². The highest BCUT2D eigenvalue weighted by molar-refractivity contribution is 6.31. The third-order valence-electron chi connectivity index (χ3n) is 4.44. The highest BCUT2D eigenvalue weighted by Gasteiger charge is 2.11. The summed E-state index contributed by atoms with van der Waals surface area (Å²) < 4.78 is 2.11. The minimum atomic E-state index is -0.0400. The molecule has 4 nitrogen and oxygen atoms in total. The molecule has 0 spiro atoms. The van der Waals surface area contributed by atoms with E-state index in [2.05, 4.69) is 28.3 Å². The second kappa shape index (κ2) is 10.0. The van der Waals surface area contributed by atoms with E-state index in [0.717, 1.165) is 36.4 Å². The van der Waals surface area contributed by atoms with Crippen molar-refractivity contribution in [3.05, 3.63) is 29.0 Å². The number of rotatable bonds is 11. The van der Waals surface area contributed by atoms with Crippen molar-refractivity contribution in [3.63, 3.8) is 0 Å². The number of imidazole rings is 1. The van der Waals surface area contributed by atoms with Crippen molar-refractivity contribution in [2.24, 2.45) is 0 Å². The van der Waals surface area contributed by atoms with Gasteiger partial charge in [0.25, 0.3) is 0 Å². The van der Waals surface area contributed by atoms with Gasteiger partial charge in [-0.25, -0.2) is 4.98 Å². The fourth-order valence-corrected chi connectivity index (χ4v) is 3.23. The Morgan fingerprint density at radius 1 is 1.08 bits per heavy atom. The highest BCUT2D eigenvalue weighted by Crippen LogP contribution is 2.21. The summed E-state index contributed by atoms with van der Waals surface area (Å²) in [5, 5.41) is 10.3. The summed E-state index contributed by atoms with van der Waals surface area (Å²) in [4.78, 5) is 7.08. The van der Waals surface area contributed by atoms with Crippen LogP contribution in [0.4, 0.5) is 0 Å². The second-order valence-corrected chi connectivity index (χ2v) is 6.81. The molecule has 0 atom stereocenters. The van der Waals surface area contributed by atoms with Crippen molar-refractivity contribution >= 4 is 22.6 Å². The molecule has 1 aromatic carbocycles. The normalized spacial score (nSPS) is 11.7. The number of hydrogen-bond donors (Lipinski definition) is 1. The number of halogens is 1. The average molecular weight is 352 g/mol. The maximum atomic E-state index is 9.60. The van der Waals surface area contributed by atoms with Crippen molar-refractivity contribution in [1.29, 1.82) is 0 Å². The Bertz CT molecular complexity index is 618. The second-order valence-electron chi connectivity index (χ2n) is 6.37. The van der Waals surface area contributed by atoms with Gasteiger partial charge in [0, 0.05) is 11.6 Å². The van der Waals surface area contributed by atoms with Gasteiger partial charge in [0.1, 0.15) is 12.4 Å². The molecule has 5 heteroatoms. The van der Waals surface area contributed by atoms with Gasteiger partial charge >= 0.3 is 0 Å². The first-order valence-corrected chi connectivity index (χ1v) is 9.55. The van der Waals surface area contributed by atoms with Crippen LogP contribution >= 0.6 is 11.6 Å². The molecule has 2 rings (SSSR count). The van der Waals surface area contributed by atoms with Crippen molar-refractivity contribution in [1.82, 2.24) is 14.5 Å². The number of aryl methyl sites for hydroxylation is 1. The first kappa shape index (κ1) is 19.2. The molecular formula is C19H30ClN3O. The molecule has 1 heterocycles. The van der Waals surface area contributed by atoms with Crippen LogP contribution in [-0.2, 0) is 13.2 Å². The number of aliphatic hydroxyl groups is 1. The van der Waals surface area contributed by atoms with Crippen LogP contribution in [0.1, 0.15) is 51.8 Å². The fraction of sp³-hybridized carbons (Fsp3) is 0.632. The molecule has 0 saturated heterocycles. The molecular weight excluding hydrogens is 322 g/mol. The molecule has 0 radical (unpaired) electrons. The molecule has 134 valence electrons. The van der Waals surface area contributed by atoms with Gasteiger partial charge in [-0.05, 0) is 57.1 Å². The molecule has 0 fully saturated rings. The third kappa shape index (κ3) is 5.20. The molecule has 0 unspecified atom stereocenters. The Kier molecular flexibility index (Phi) is 8.03. The molecule has 0 saturated carbocycles. The average Bonchev–Trinajstić information content (AvgIpc) is 2.94. The van der Waals surface area contributed by atoms with Gasteiger partial charge in [-0.1, -0.05) is 38.3 Å². The summed E-state index contributed by atoms with van der Waals surface area (Å²) in [6.07, 6.45) is 6.05. The van der Waals surface area contributed by atoms with Gasteiger partial charge in [-0.15, -0.1) is 0 Å². The van der Waals surface area contributed by atoms with E-state index in [1.165, 1.54) is 38.8 Å². The molecule has 0 bridgehead atoms. The van der Waals surface area contributed by atoms with Crippen molar-refractivity contribution in [2.45, 2.75) is 59.1 Å². The third-order valence-corrected chi connectivity index (χ3v) is 4.68. The predicted octanol–water partition coefficient (Wildman–Crippen LogP) is 4.47. The lowest BCUT2D eigenvalue weighted by Gasteiger charge is -2.22. The zero-order valence-corrected chi connectivity index (χ0v) is 15.7. The number of fused-ring (bicyclic) bond motifs is 1. The lowest BCUT2D eigenvalue weighted by Crippen LogP contribution is -2.28. The SMILES string of the molecule is CCCCN(CCCC)CCCn1c(CO)nc2ccc(Cl)cc21. The van der Waals surface area contributed by atoms with Crippen LogP contribution in [0.5, 0.6) is 0 Å². The Hall–Kier alpha value is -1.10. The fourth-order valence-electron chi connectivity index (χ4n) is 3.07. The van der Waals surface area contributed by atoms with E-state index in [1.54, 1.807) is 0 Å². The monoisotopic (exact) mass is 351 g/mol.